The number of ether oxygens (including phenoxy) is 1. The van der Waals surface area contributed by atoms with Crippen molar-refractivity contribution in [3.05, 3.63) is 53.6 Å². The standard InChI is InChI=1S/C16H21N3O3/c20-11-14-10-18-15(19-14)8-4-5-9-17-16(21)22-12-13-6-2-1-3-7-13/h1-3,6-7,10,20H,4-5,8-9,11-12H2,(H,17,21)(H,18,19). The van der Waals surface area contributed by atoms with E-state index in [2.05, 4.69) is 15.3 Å². The van der Waals surface area contributed by atoms with E-state index in [9.17, 15) is 4.79 Å². The highest BCUT2D eigenvalue weighted by molar-refractivity contribution is 5.67. The molecule has 0 aliphatic heterocycles. The molecule has 118 valence electrons. The molecule has 0 aliphatic rings. The van der Waals surface area contributed by atoms with Crippen LogP contribution in [-0.2, 0) is 24.4 Å². The van der Waals surface area contributed by atoms with E-state index in [4.69, 9.17) is 9.84 Å². The van der Waals surface area contributed by atoms with Crippen LogP contribution in [0, 0.1) is 0 Å². The Balaban J connectivity index is 1.53. The summed E-state index contributed by atoms with van der Waals surface area (Å²) in [5.74, 6) is 0.857. The van der Waals surface area contributed by atoms with Gasteiger partial charge in [0.2, 0.25) is 0 Å². The maximum Gasteiger partial charge on any atom is 0.407 e. The van der Waals surface area contributed by atoms with Crippen molar-refractivity contribution in [1.82, 2.24) is 15.3 Å². The molecule has 22 heavy (non-hydrogen) atoms. The SMILES string of the molecule is O=C(NCCCCc1ncc(CO)[nH]1)OCc1ccccc1. The number of hydrogen-bond acceptors (Lipinski definition) is 4. The molecule has 6 heteroatoms. The van der Waals surface area contributed by atoms with Gasteiger partial charge in [-0.3, -0.25) is 0 Å². The Labute approximate surface area is 129 Å². The van der Waals surface area contributed by atoms with E-state index < -0.39 is 6.09 Å². The van der Waals surface area contributed by atoms with Gasteiger partial charge in [0.15, 0.2) is 0 Å². The number of aromatic amines is 1. The minimum absolute atomic E-state index is 0.0260. The Morgan fingerprint density at radius 1 is 1.27 bits per heavy atom. The molecule has 0 fully saturated rings. The number of nitrogens with zero attached hydrogens (tertiary/aromatic N) is 1. The van der Waals surface area contributed by atoms with Crippen LogP contribution in [0.25, 0.3) is 0 Å². The van der Waals surface area contributed by atoms with Gasteiger partial charge in [0, 0.05) is 13.0 Å². The van der Waals surface area contributed by atoms with Gasteiger partial charge in [0.1, 0.15) is 12.4 Å². The molecule has 0 saturated heterocycles. The quantitative estimate of drug-likeness (QED) is 0.652. The summed E-state index contributed by atoms with van der Waals surface area (Å²) in [5, 5.41) is 11.6. The summed E-state index contributed by atoms with van der Waals surface area (Å²) in [5.41, 5.74) is 1.69. The molecule has 0 spiro atoms. The van der Waals surface area contributed by atoms with E-state index in [1.54, 1.807) is 6.20 Å². The number of carbonyl (C=O) groups excluding carboxylic acids is 1. The fraction of sp³-hybridized carbons (Fsp3) is 0.375. The largest absolute Gasteiger partial charge is 0.445 e. The number of aliphatic hydroxyl groups is 1. The van der Waals surface area contributed by atoms with Crippen LogP contribution in [0.4, 0.5) is 4.79 Å². The average Bonchev–Trinajstić information content (AvgIpc) is 3.01. The smallest absolute Gasteiger partial charge is 0.407 e. The molecule has 2 aromatic rings. The molecule has 0 aliphatic carbocycles. The van der Waals surface area contributed by atoms with E-state index in [1.165, 1.54) is 0 Å². The number of amides is 1. The third-order valence-electron chi connectivity index (χ3n) is 3.17. The second-order valence-corrected chi connectivity index (χ2v) is 4.96. The van der Waals surface area contributed by atoms with Crippen LogP contribution in [0.5, 0.6) is 0 Å². The van der Waals surface area contributed by atoms with Crippen molar-refractivity contribution in [3.63, 3.8) is 0 Å². The number of rotatable bonds is 8. The molecule has 0 unspecified atom stereocenters. The molecule has 6 nitrogen and oxygen atoms in total. The number of benzene rings is 1. The molecule has 1 aromatic heterocycles. The molecule has 0 atom stereocenters. The zero-order chi connectivity index (χ0) is 15.6. The van der Waals surface area contributed by atoms with Crippen molar-refractivity contribution < 1.29 is 14.6 Å². The van der Waals surface area contributed by atoms with E-state index in [0.717, 1.165) is 36.3 Å². The average molecular weight is 303 g/mol. The number of aliphatic hydroxyl groups excluding tert-OH is 1. The van der Waals surface area contributed by atoms with Crippen LogP contribution in [-0.4, -0.2) is 27.7 Å². The first-order chi connectivity index (χ1) is 10.8. The molecular weight excluding hydrogens is 282 g/mol. The molecule has 3 N–H and O–H groups in total. The molecule has 2 rings (SSSR count). The van der Waals surface area contributed by atoms with Crippen molar-refractivity contribution in [2.24, 2.45) is 0 Å². The zero-order valence-electron chi connectivity index (χ0n) is 12.4. The molecule has 0 saturated carbocycles. The predicted octanol–water partition coefficient (Wildman–Crippen LogP) is 2.15. The third-order valence-corrected chi connectivity index (χ3v) is 3.17. The number of imidazole rings is 1. The normalized spacial score (nSPS) is 10.4. The molecular formula is C16H21N3O3. The Kier molecular flexibility index (Phi) is 6.44. The predicted molar refractivity (Wildman–Crippen MR) is 82.1 cm³/mol. The van der Waals surface area contributed by atoms with E-state index in [1.807, 2.05) is 30.3 Å². The second-order valence-electron chi connectivity index (χ2n) is 4.96. The second kappa shape index (κ2) is 8.84. The molecule has 1 heterocycles. The molecule has 1 aromatic carbocycles. The highest BCUT2D eigenvalue weighted by atomic mass is 16.5. The lowest BCUT2D eigenvalue weighted by Gasteiger charge is -2.06. The van der Waals surface area contributed by atoms with E-state index in [0.29, 0.717) is 6.54 Å². The number of alkyl carbamates (subject to hydrolysis) is 1. The third kappa shape index (κ3) is 5.57. The van der Waals surface area contributed by atoms with Gasteiger partial charge in [0.05, 0.1) is 18.5 Å². The first-order valence-corrected chi connectivity index (χ1v) is 7.36. The number of nitrogens with one attached hydrogen (secondary N) is 2. The fourth-order valence-corrected chi connectivity index (χ4v) is 2.00. The number of aryl methyl sites for hydroxylation is 1. The number of unbranched alkanes of at least 4 members (excludes halogenated alkanes) is 1. The summed E-state index contributed by atoms with van der Waals surface area (Å²) in [6, 6.07) is 9.57. The summed E-state index contributed by atoms with van der Waals surface area (Å²) in [7, 11) is 0. The first kappa shape index (κ1) is 16.0. The summed E-state index contributed by atoms with van der Waals surface area (Å²) in [6.45, 7) is 0.825. The maximum atomic E-state index is 11.5. The lowest BCUT2D eigenvalue weighted by molar-refractivity contribution is 0.139. The fourth-order valence-electron chi connectivity index (χ4n) is 2.00. The van der Waals surface area contributed by atoms with Crippen LogP contribution < -0.4 is 5.32 Å². The summed E-state index contributed by atoms with van der Waals surface area (Å²) < 4.78 is 5.11. The van der Waals surface area contributed by atoms with Crippen molar-refractivity contribution in [2.75, 3.05) is 6.54 Å². The molecule has 1 amide bonds. The van der Waals surface area contributed by atoms with Crippen molar-refractivity contribution in [2.45, 2.75) is 32.5 Å². The zero-order valence-corrected chi connectivity index (χ0v) is 12.4. The number of aromatic nitrogens is 2. The van der Waals surface area contributed by atoms with Crippen LogP contribution in [0.1, 0.15) is 29.9 Å². The van der Waals surface area contributed by atoms with Crippen LogP contribution in [0.2, 0.25) is 0 Å². The van der Waals surface area contributed by atoms with Crippen molar-refractivity contribution in [3.8, 4) is 0 Å². The minimum atomic E-state index is -0.399. The van der Waals surface area contributed by atoms with Gasteiger partial charge in [0.25, 0.3) is 0 Å². The topological polar surface area (TPSA) is 87.2 Å². The van der Waals surface area contributed by atoms with Crippen LogP contribution >= 0.6 is 0 Å². The van der Waals surface area contributed by atoms with Crippen molar-refractivity contribution in [1.29, 1.82) is 0 Å². The van der Waals surface area contributed by atoms with Crippen LogP contribution in [0.15, 0.2) is 36.5 Å². The highest BCUT2D eigenvalue weighted by Crippen LogP contribution is 2.03. The van der Waals surface area contributed by atoms with Crippen LogP contribution in [0.3, 0.4) is 0 Å². The minimum Gasteiger partial charge on any atom is -0.445 e. The van der Waals surface area contributed by atoms with Gasteiger partial charge in [-0.1, -0.05) is 30.3 Å². The van der Waals surface area contributed by atoms with Crippen molar-refractivity contribution >= 4 is 6.09 Å². The number of H-pyrrole nitrogens is 1. The van der Waals surface area contributed by atoms with Gasteiger partial charge in [-0.05, 0) is 18.4 Å². The summed E-state index contributed by atoms with van der Waals surface area (Å²) >= 11 is 0. The summed E-state index contributed by atoms with van der Waals surface area (Å²) in [4.78, 5) is 18.7. The van der Waals surface area contributed by atoms with Gasteiger partial charge in [-0.15, -0.1) is 0 Å². The Morgan fingerprint density at radius 2 is 2.09 bits per heavy atom. The highest BCUT2D eigenvalue weighted by Gasteiger charge is 2.03. The summed E-state index contributed by atoms with van der Waals surface area (Å²) in [6.07, 6.45) is 3.77. The Bertz CT molecular complexity index is 569. The lowest BCUT2D eigenvalue weighted by atomic mass is 10.2. The lowest BCUT2D eigenvalue weighted by Crippen LogP contribution is -2.25. The monoisotopic (exact) mass is 303 g/mol. The Hall–Kier alpha value is -2.34. The number of carbonyl (C=O) groups is 1. The molecule has 0 radical (unpaired) electrons. The van der Waals surface area contributed by atoms with Gasteiger partial charge < -0.3 is 20.1 Å². The first-order valence-electron chi connectivity index (χ1n) is 7.36. The van der Waals surface area contributed by atoms with Gasteiger partial charge >= 0.3 is 6.09 Å². The Morgan fingerprint density at radius 3 is 2.82 bits per heavy atom. The number of hydrogen-bond donors (Lipinski definition) is 3. The van der Waals surface area contributed by atoms with Gasteiger partial charge in [-0.2, -0.15) is 0 Å². The van der Waals surface area contributed by atoms with Gasteiger partial charge in [-0.25, -0.2) is 9.78 Å². The van der Waals surface area contributed by atoms with E-state index >= 15 is 0 Å². The maximum absolute atomic E-state index is 11.5. The van der Waals surface area contributed by atoms with E-state index in [-0.39, 0.29) is 13.2 Å². The molecule has 0 bridgehead atoms.